The first-order chi connectivity index (χ1) is 12.1. The molecule has 0 radical (unpaired) electrons. The number of rotatable bonds is 3. The summed E-state index contributed by atoms with van der Waals surface area (Å²) >= 11 is 6.19. The number of amides is 1. The fourth-order valence-corrected chi connectivity index (χ4v) is 2.73. The highest BCUT2D eigenvalue weighted by Crippen LogP contribution is 2.20. The van der Waals surface area contributed by atoms with Crippen molar-refractivity contribution in [1.29, 1.82) is 0 Å². The highest BCUT2D eigenvalue weighted by Gasteiger charge is 2.17. The van der Waals surface area contributed by atoms with Crippen molar-refractivity contribution in [1.82, 2.24) is 24.7 Å². The fourth-order valence-electron chi connectivity index (χ4n) is 2.51. The number of carbonyl (C=O) groups excluding carboxylic acids is 1. The van der Waals surface area contributed by atoms with Gasteiger partial charge in [0.15, 0.2) is 0 Å². The van der Waals surface area contributed by atoms with Gasteiger partial charge in [-0.25, -0.2) is 14.6 Å². The fraction of sp³-hybridized carbons (Fsp3) is 0.0588. The molecule has 2 aromatic heterocycles. The molecule has 8 heteroatoms. The van der Waals surface area contributed by atoms with Crippen molar-refractivity contribution in [3.63, 3.8) is 0 Å². The van der Waals surface area contributed by atoms with Crippen LogP contribution in [0.3, 0.4) is 0 Å². The predicted octanol–water partition coefficient (Wildman–Crippen LogP) is 3.36. The molecule has 124 valence electrons. The molecule has 0 spiro atoms. The van der Waals surface area contributed by atoms with E-state index >= 15 is 0 Å². The Morgan fingerprint density at radius 2 is 1.88 bits per heavy atom. The van der Waals surface area contributed by atoms with E-state index in [4.69, 9.17) is 11.6 Å². The summed E-state index contributed by atoms with van der Waals surface area (Å²) in [7, 11) is 0. The van der Waals surface area contributed by atoms with Crippen LogP contribution in [0.1, 0.15) is 16.4 Å². The van der Waals surface area contributed by atoms with Crippen LogP contribution in [0.5, 0.6) is 0 Å². The van der Waals surface area contributed by atoms with Gasteiger partial charge in [-0.2, -0.15) is 0 Å². The third-order valence-corrected chi connectivity index (χ3v) is 3.99. The van der Waals surface area contributed by atoms with Gasteiger partial charge in [-0.1, -0.05) is 35.9 Å². The van der Waals surface area contributed by atoms with Crippen LogP contribution in [0.25, 0.3) is 16.7 Å². The van der Waals surface area contributed by atoms with Gasteiger partial charge in [-0.15, -0.1) is 5.10 Å². The van der Waals surface area contributed by atoms with Gasteiger partial charge in [0.1, 0.15) is 5.82 Å². The van der Waals surface area contributed by atoms with Gasteiger partial charge in [0.05, 0.1) is 21.7 Å². The van der Waals surface area contributed by atoms with E-state index in [2.05, 4.69) is 25.4 Å². The molecule has 4 aromatic rings. The second-order valence-electron chi connectivity index (χ2n) is 5.40. The first-order valence-electron chi connectivity index (χ1n) is 7.56. The minimum absolute atomic E-state index is 0.0397. The lowest BCUT2D eigenvalue weighted by Crippen LogP contribution is -2.15. The number of benzene rings is 2. The highest BCUT2D eigenvalue weighted by molar-refractivity contribution is 6.32. The molecule has 0 atom stereocenters. The van der Waals surface area contributed by atoms with Crippen molar-refractivity contribution < 1.29 is 4.79 Å². The van der Waals surface area contributed by atoms with Gasteiger partial charge in [-0.05, 0) is 31.2 Å². The van der Waals surface area contributed by atoms with E-state index in [-0.39, 0.29) is 5.82 Å². The first-order valence-corrected chi connectivity index (χ1v) is 7.94. The summed E-state index contributed by atoms with van der Waals surface area (Å²) in [5, 5.41) is 7.46. The monoisotopic (exact) mass is 352 g/mol. The summed E-state index contributed by atoms with van der Waals surface area (Å²) in [4.78, 5) is 24.0. The lowest BCUT2D eigenvalue weighted by Gasteiger charge is -2.04. The van der Waals surface area contributed by atoms with Crippen LogP contribution in [0.4, 0.5) is 5.95 Å². The molecule has 0 fully saturated rings. The lowest BCUT2D eigenvalue weighted by atomic mass is 10.3. The lowest BCUT2D eigenvalue weighted by molar-refractivity contribution is 0.101. The zero-order valence-electron chi connectivity index (χ0n) is 13.2. The van der Waals surface area contributed by atoms with Gasteiger partial charge >= 0.3 is 0 Å². The Bertz CT molecular complexity index is 1050. The molecule has 0 unspecified atom stereocenters. The van der Waals surface area contributed by atoms with Crippen LogP contribution in [-0.4, -0.2) is 30.6 Å². The number of aromatic amines is 1. The van der Waals surface area contributed by atoms with E-state index in [9.17, 15) is 4.79 Å². The standard InChI is InChI=1S/C17H13ClN6O/c1-10-19-15(23-24(10)14-9-5-2-6-11(14)18)16(25)22-17-20-12-7-3-4-8-13(12)21-17/h2-9H,1H3,(H2,20,21,22,25). The molecular formula is C17H13ClN6O. The number of hydrogen-bond acceptors (Lipinski definition) is 4. The zero-order chi connectivity index (χ0) is 17.4. The van der Waals surface area contributed by atoms with Crippen LogP contribution >= 0.6 is 11.6 Å². The minimum atomic E-state index is -0.451. The second kappa shape index (κ2) is 6.03. The Labute approximate surface area is 147 Å². The number of nitrogens with one attached hydrogen (secondary N) is 2. The van der Waals surface area contributed by atoms with Crippen molar-refractivity contribution >= 4 is 34.5 Å². The molecule has 4 rings (SSSR count). The zero-order valence-corrected chi connectivity index (χ0v) is 13.9. The highest BCUT2D eigenvalue weighted by atomic mass is 35.5. The van der Waals surface area contributed by atoms with E-state index < -0.39 is 5.91 Å². The number of nitrogens with zero attached hydrogens (tertiary/aromatic N) is 4. The molecule has 0 aliphatic heterocycles. The predicted molar refractivity (Wildman–Crippen MR) is 95.2 cm³/mol. The molecule has 0 saturated heterocycles. The molecule has 25 heavy (non-hydrogen) atoms. The van der Waals surface area contributed by atoms with Crippen LogP contribution in [-0.2, 0) is 0 Å². The molecule has 0 aliphatic rings. The summed E-state index contributed by atoms with van der Waals surface area (Å²) in [6, 6.07) is 14.7. The van der Waals surface area contributed by atoms with Crippen molar-refractivity contribution in [2.24, 2.45) is 0 Å². The number of fused-ring (bicyclic) bond motifs is 1. The van der Waals surface area contributed by atoms with E-state index in [0.717, 1.165) is 11.0 Å². The van der Waals surface area contributed by atoms with E-state index in [1.807, 2.05) is 42.5 Å². The average molecular weight is 353 g/mol. The van der Waals surface area contributed by atoms with Gasteiger partial charge in [0, 0.05) is 0 Å². The van der Waals surface area contributed by atoms with Crippen LogP contribution < -0.4 is 5.32 Å². The van der Waals surface area contributed by atoms with Gasteiger partial charge in [0.25, 0.3) is 5.91 Å². The normalized spacial score (nSPS) is 11.0. The third kappa shape index (κ3) is 2.85. The van der Waals surface area contributed by atoms with E-state index in [0.29, 0.717) is 22.5 Å². The number of imidazole rings is 1. The first kappa shape index (κ1) is 15.3. The summed E-state index contributed by atoms with van der Waals surface area (Å²) in [5.41, 5.74) is 2.27. The van der Waals surface area contributed by atoms with Crippen molar-refractivity contribution in [3.05, 3.63) is 65.2 Å². The summed E-state index contributed by atoms with van der Waals surface area (Å²) in [6.45, 7) is 1.76. The minimum Gasteiger partial charge on any atom is -0.324 e. The summed E-state index contributed by atoms with van der Waals surface area (Å²) in [6.07, 6.45) is 0. The number of aromatic nitrogens is 5. The summed E-state index contributed by atoms with van der Waals surface area (Å²) in [5.74, 6) is 0.492. The van der Waals surface area contributed by atoms with Gasteiger partial charge < -0.3 is 4.98 Å². The molecule has 0 bridgehead atoms. The van der Waals surface area contributed by atoms with Crippen LogP contribution in [0, 0.1) is 6.92 Å². The van der Waals surface area contributed by atoms with E-state index in [1.54, 1.807) is 13.0 Å². The molecule has 2 heterocycles. The Morgan fingerprint density at radius 1 is 1.12 bits per heavy atom. The number of anilines is 1. The number of hydrogen-bond donors (Lipinski definition) is 2. The number of para-hydroxylation sites is 3. The summed E-state index contributed by atoms with van der Waals surface area (Å²) < 4.78 is 1.54. The van der Waals surface area contributed by atoms with E-state index in [1.165, 1.54) is 4.68 Å². The van der Waals surface area contributed by atoms with Gasteiger partial charge in [0.2, 0.25) is 11.8 Å². The largest absolute Gasteiger partial charge is 0.324 e. The number of aryl methyl sites for hydroxylation is 1. The molecule has 2 aromatic carbocycles. The number of carbonyl (C=O) groups is 1. The molecule has 0 aliphatic carbocycles. The molecular weight excluding hydrogens is 340 g/mol. The Hall–Kier alpha value is -3.19. The Morgan fingerprint density at radius 3 is 2.68 bits per heavy atom. The quantitative estimate of drug-likeness (QED) is 0.591. The molecule has 2 N–H and O–H groups in total. The average Bonchev–Trinajstić information content (AvgIpc) is 3.18. The van der Waals surface area contributed by atoms with Gasteiger partial charge in [-0.3, -0.25) is 10.1 Å². The smallest absolute Gasteiger partial charge is 0.297 e. The maximum atomic E-state index is 12.4. The number of H-pyrrole nitrogens is 1. The third-order valence-electron chi connectivity index (χ3n) is 3.67. The van der Waals surface area contributed by atoms with Crippen molar-refractivity contribution in [3.8, 4) is 5.69 Å². The molecule has 7 nitrogen and oxygen atoms in total. The van der Waals surface area contributed by atoms with Crippen molar-refractivity contribution in [2.75, 3.05) is 5.32 Å². The maximum Gasteiger partial charge on any atom is 0.297 e. The molecule has 0 saturated carbocycles. The molecule has 1 amide bonds. The maximum absolute atomic E-state index is 12.4. The van der Waals surface area contributed by atoms with Crippen LogP contribution in [0.2, 0.25) is 5.02 Å². The Kier molecular flexibility index (Phi) is 3.70. The second-order valence-corrected chi connectivity index (χ2v) is 5.81. The topological polar surface area (TPSA) is 88.5 Å². The SMILES string of the molecule is Cc1nc(C(=O)Nc2nc3ccccc3[nH]2)nn1-c1ccccc1Cl. The Balaban J connectivity index is 1.62. The van der Waals surface area contributed by atoms with Crippen molar-refractivity contribution in [2.45, 2.75) is 6.92 Å². The number of halogens is 1. The van der Waals surface area contributed by atoms with Crippen LogP contribution in [0.15, 0.2) is 48.5 Å².